The van der Waals surface area contributed by atoms with Gasteiger partial charge < -0.3 is 19.9 Å². The van der Waals surface area contributed by atoms with E-state index in [2.05, 4.69) is 24.3 Å². The zero-order valence-electron chi connectivity index (χ0n) is 12.9. The van der Waals surface area contributed by atoms with Crippen molar-refractivity contribution in [3.8, 4) is 0 Å². The van der Waals surface area contributed by atoms with Crippen molar-refractivity contribution in [1.29, 1.82) is 0 Å². The molecule has 2 aliphatic heterocycles. The van der Waals surface area contributed by atoms with Crippen LogP contribution in [0.1, 0.15) is 19.3 Å². The van der Waals surface area contributed by atoms with Crippen LogP contribution in [-0.4, -0.2) is 75.7 Å². The van der Waals surface area contributed by atoms with Gasteiger partial charge in [0, 0.05) is 32.0 Å². The first-order valence-corrected chi connectivity index (χ1v) is 7.86. The molecule has 20 heavy (non-hydrogen) atoms. The first-order chi connectivity index (χ1) is 9.65. The third-order valence-electron chi connectivity index (χ3n) is 4.24. The first kappa shape index (κ1) is 15.7. The molecule has 0 saturated carbocycles. The Morgan fingerprint density at radius 3 is 2.75 bits per heavy atom. The molecule has 2 heterocycles. The number of rotatable bonds is 4. The summed E-state index contributed by atoms with van der Waals surface area (Å²) in [6, 6.07) is 0. The van der Waals surface area contributed by atoms with Crippen molar-refractivity contribution in [2.45, 2.75) is 19.3 Å². The fourth-order valence-electron chi connectivity index (χ4n) is 3.20. The van der Waals surface area contributed by atoms with Crippen molar-refractivity contribution in [2.24, 2.45) is 11.8 Å². The highest BCUT2D eigenvalue weighted by atomic mass is 16.5. The molecule has 0 spiro atoms. The molecule has 116 valence electrons. The third kappa shape index (κ3) is 5.04. The quantitative estimate of drug-likeness (QED) is 0.812. The highest BCUT2D eigenvalue weighted by molar-refractivity contribution is 5.76. The number of ether oxygens (including phenoxy) is 1. The molecule has 5 nitrogen and oxygen atoms in total. The summed E-state index contributed by atoms with van der Waals surface area (Å²) in [5.41, 5.74) is 0. The topological polar surface area (TPSA) is 44.8 Å². The molecule has 1 atom stereocenters. The zero-order chi connectivity index (χ0) is 14.4. The van der Waals surface area contributed by atoms with Crippen LogP contribution in [0.25, 0.3) is 0 Å². The molecular formula is C15H29N3O2. The van der Waals surface area contributed by atoms with Gasteiger partial charge in [-0.05, 0) is 45.9 Å². The summed E-state index contributed by atoms with van der Waals surface area (Å²) in [4.78, 5) is 16.7. The smallest absolute Gasteiger partial charge is 0.222 e. The molecule has 2 saturated heterocycles. The summed E-state index contributed by atoms with van der Waals surface area (Å²) in [6.07, 6.45) is 2.99. The summed E-state index contributed by atoms with van der Waals surface area (Å²) < 4.78 is 5.65. The van der Waals surface area contributed by atoms with Crippen molar-refractivity contribution in [3.05, 3.63) is 0 Å². The summed E-state index contributed by atoms with van der Waals surface area (Å²) in [6.45, 7) is 6.17. The van der Waals surface area contributed by atoms with E-state index in [4.69, 9.17) is 4.74 Å². The number of nitrogens with one attached hydrogen (secondary N) is 1. The number of hydrogen-bond acceptors (Lipinski definition) is 4. The average Bonchev–Trinajstić information content (AvgIpc) is 2.65. The third-order valence-corrected chi connectivity index (χ3v) is 4.24. The highest BCUT2D eigenvalue weighted by Crippen LogP contribution is 2.18. The number of amides is 1. The molecule has 0 aromatic carbocycles. The second kappa shape index (κ2) is 7.96. The lowest BCUT2D eigenvalue weighted by Gasteiger charge is -2.28. The van der Waals surface area contributed by atoms with Gasteiger partial charge in [-0.2, -0.15) is 0 Å². The molecule has 2 aliphatic rings. The van der Waals surface area contributed by atoms with Crippen LogP contribution >= 0.6 is 0 Å². The molecule has 0 radical (unpaired) electrons. The lowest BCUT2D eigenvalue weighted by molar-refractivity contribution is -0.132. The van der Waals surface area contributed by atoms with Crippen LogP contribution in [0.5, 0.6) is 0 Å². The predicted octanol–water partition coefficient (Wildman–Crippen LogP) is 0.413. The van der Waals surface area contributed by atoms with Gasteiger partial charge in [-0.3, -0.25) is 4.79 Å². The molecule has 0 unspecified atom stereocenters. The Morgan fingerprint density at radius 1 is 1.30 bits per heavy atom. The number of nitrogens with zero attached hydrogens (tertiary/aromatic N) is 2. The Kier molecular flexibility index (Phi) is 6.26. The molecule has 0 aromatic rings. The van der Waals surface area contributed by atoms with Crippen LogP contribution in [-0.2, 0) is 9.53 Å². The largest absolute Gasteiger partial charge is 0.379 e. The first-order valence-electron chi connectivity index (χ1n) is 7.86. The second-order valence-corrected chi connectivity index (χ2v) is 6.44. The Bertz CT molecular complexity index is 303. The molecule has 1 N–H and O–H groups in total. The Morgan fingerprint density at radius 2 is 2.05 bits per heavy atom. The number of hydrogen-bond donors (Lipinski definition) is 1. The fraction of sp³-hybridized carbons (Fsp3) is 0.933. The van der Waals surface area contributed by atoms with E-state index in [0.29, 0.717) is 24.3 Å². The van der Waals surface area contributed by atoms with E-state index in [0.717, 1.165) is 58.6 Å². The summed E-state index contributed by atoms with van der Waals surface area (Å²) >= 11 is 0. The summed E-state index contributed by atoms with van der Waals surface area (Å²) in [7, 11) is 4.15. The summed E-state index contributed by atoms with van der Waals surface area (Å²) in [5.74, 6) is 1.33. The van der Waals surface area contributed by atoms with Crippen molar-refractivity contribution >= 4 is 5.91 Å². The molecule has 2 fully saturated rings. The molecule has 5 heteroatoms. The van der Waals surface area contributed by atoms with Gasteiger partial charge in [-0.1, -0.05) is 0 Å². The number of carbonyl (C=O) groups excluding carboxylic acids is 1. The predicted molar refractivity (Wildman–Crippen MR) is 79.7 cm³/mol. The van der Waals surface area contributed by atoms with E-state index in [1.165, 1.54) is 0 Å². The standard InChI is InChI=1S/C15H29N3O2/c1-17(2)10-14-11-18(7-8-20-12-14)15(19)9-13-3-5-16-6-4-13/h13-14,16H,3-12H2,1-2H3/t14-/m1/s1. The maximum absolute atomic E-state index is 12.5. The minimum absolute atomic E-state index is 0.325. The van der Waals surface area contributed by atoms with E-state index in [1.807, 2.05) is 4.90 Å². The van der Waals surface area contributed by atoms with Gasteiger partial charge in [0.15, 0.2) is 0 Å². The number of piperidine rings is 1. The van der Waals surface area contributed by atoms with Crippen molar-refractivity contribution in [2.75, 3.05) is 60.0 Å². The van der Waals surface area contributed by atoms with Gasteiger partial charge in [-0.25, -0.2) is 0 Å². The van der Waals surface area contributed by atoms with Crippen LogP contribution in [0, 0.1) is 11.8 Å². The van der Waals surface area contributed by atoms with Crippen molar-refractivity contribution in [3.63, 3.8) is 0 Å². The maximum atomic E-state index is 12.5. The maximum Gasteiger partial charge on any atom is 0.222 e. The van der Waals surface area contributed by atoms with E-state index in [-0.39, 0.29) is 0 Å². The molecular weight excluding hydrogens is 254 g/mol. The highest BCUT2D eigenvalue weighted by Gasteiger charge is 2.25. The van der Waals surface area contributed by atoms with Crippen LogP contribution in [0.15, 0.2) is 0 Å². The lowest BCUT2D eigenvalue weighted by Crippen LogP contribution is -2.40. The summed E-state index contributed by atoms with van der Waals surface area (Å²) in [5, 5.41) is 3.36. The van der Waals surface area contributed by atoms with E-state index in [9.17, 15) is 4.79 Å². The Labute approximate surface area is 122 Å². The van der Waals surface area contributed by atoms with Gasteiger partial charge in [0.1, 0.15) is 0 Å². The minimum atomic E-state index is 0.325. The van der Waals surface area contributed by atoms with Gasteiger partial charge >= 0.3 is 0 Å². The molecule has 0 aromatic heterocycles. The second-order valence-electron chi connectivity index (χ2n) is 6.44. The van der Waals surface area contributed by atoms with Crippen LogP contribution in [0.4, 0.5) is 0 Å². The zero-order valence-corrected chi connectivity index (χ0v) is 12.9. The Hall–Kier alpha value is -0.650. The van der Waals surface area contributed by atoms with E-state index >= 15 is 0 Å². The monoisotopic (exact) mass is 283 g/mol. The molecule has 0 bridgehead atoms. The van der Waals surface area contributed by atoms with Crippen LogP contribution < -0.4 is 5.32 Å². The van der Waals surface area contributed by atoms with Gasteiger partial charge in [0.05, 0.1) is 13.2 Å². The van der Waals surface area contributed by atoms with E-state index in [1.54, 1.807) is 0 Å². The van der Waals surface area contributed by atoms with Gasteiger partial charge in [-0.15, -0.1) is 0 Å². The number of carbonyl (C=O) groups is 1. The van der Waals surface area contributed by atoms with Crippen molar-refractivity contribution in [1.82, 2.24) is 15.1 Å². The molecule has 1 amide bonds. The average molecular weight is 283 g/mol. The minimum Gasteiger partial charge on any atom is -0.379 e. The van der Waals surface area contributed by atoms with Crippen molar-refractivity contribution < 1.29 is 9.53 Å². The van der Waals surface area contributed by atoms with Crippen LogP contribution in [0.3, 0.4) is 0 Å². The fourth-order valence-corrected chi connectivity index (χ4v) is 3.20. The van der Waals surface area contributed by atoms with Gasteiger partial charge in [0.25, 0.3) is 0 Å². The van der Waals surface area contributed by atoms with E-state index < -0.39 is 0 Å². The SMILES string of the molecule is CN(C)C[C@H]1COCCN(C(=O)CC2CCNCC2)C1. The van der Waals surface area contributed by atoms with Crippen LogP contribution in [0.2, 0.25) is 0 Å². The van der Waals surface area contributed by atoms with Gasteiger partial charge in [0.2, 0.25) is 5.91 Å². The molecule has 0 aliphatic carbocycles. The Balaban J connectivity index is 1.83. The molecule has 2 rings (SSSR count). The lowest BCUT2D eigenvalue weighted by atomic mass is 9.94. The normalized spacial score (nSPS) is 25.8.